The third-order valence-electron chi connectivity index (χ3n) is 2.12. The van der Waals surface area contributed by atoms with E-state index in [2.05, 4.69) is 4.98 Å². The number of esters is 1. The van der Waals surface area contributed by atoms with Crippen molar-refractivity contribution in [2.75, 3.05) is 6.61 Å². The van der Waals surface area contributed by atoms with Gasteiger partial charge in [-0.05, 0) is 19.1 Å². The summed E-state index contributed by atoms with van der Waals surface area (Å²) < 4.78 is 4.91. The van der Waals surface area contributed by atoms with Crippen molar-refractivity contribution in [2.45, 2.75) is 6.92 Å². The molecule has 0 radical (unpaired) electrons. The SMILES string of the molecule is CCOC(=O)c1ccc(-c2cscn2)cc1. The second-order valence-electron chi connectivity index (χ2n) is 3.17. The molecule has 16 heavy (non-hydrogen) atoms. The lowest BCUT2D eigenvalue weighted by Gasteiger charge is -2.02. The first kappa shape index (κ1) is 10.8. The molecule has 1 aromatic heterocycles. The van der Waals surface area contributed by atoms with Crippen LogP contribution in [0.2, 0.25) is 0 Å². The zero-order valence-electron chi connectivity index (χ0n) is 8.84. The standard InChI is InChI=1S/C12H11NO2S/c1-2-15-12(14)10-5-3-9(4-6-10)11-7-16-8-13-11/h3-8H,2H2,1H3. The van der Waals surface area contributed by atoms with Crippen LogP contribution in [-0.4, -0.2) is 17.6 Å². The second kappa shape index (κ2) is 4.90. The summed E-state index contributed by atoms with van der Waals surface area (Å²) in [7, 11) is 0. The highest BCUT2D eigenvalue weighted by Crippen LogP contribution is 2.19. The van der Waals surface area contributed by atoms with Gasteiger partial charge in [0.1, 0.15) is 0 Å². The molecule has 2 aromatic rings. The molecule has 0 aliphatic heterocycles. The summed E-state index contributed by atoms with van der Waals surface area (Å²) >= 11 is 1.55. The van der Waals surface area contributed by atoms with Gasteiger partial charge < -0.3 is 4.74 Å². The van der Waals surface area contributed by atoms with Crippen LogP contribution in [0.5, 0.6) is 0 Å². The summed E-state index contributed by atoms with van der Waals surface area (Å²) in [5, 5.41) is 1.97. The Kier molecular flexibility index (Phi) is 3.31. The highest BCUT2D eigenvalue weighted by Gasteiger charge is 2.06. The van der Waals surface area contributed by atoms with Crippen molar-refractivity contribution >= 4 is 17.3 Å². The van der Waals surface area contributed by atoms with Crippen LogP contribution in [0.4, 0.5) is 0 Å². The highest BCUT2D eigenvalue weighted by atomic mass is 32.1. The minimum absolute atomic E-state index is 0.285. The van der Waals surface area contributed by atoms with Gasteiger partial charge in [-0.3, -0.25) is 0 Å². The molecule has 1 aromatic carbocycles. The lowest BCUT2D eigenvalue weighted by atomic mass is 10.1. The number of ether oxygens (including phenoxy) is 1. The molecule has 2 rings (SSSR count). The van der Waals surface area contributed by atoms with Crippen LogP contribution in [0.25, 0.3) is 11.3 Å². The largest absolute Gasteiger partial charge is 0.462 e. The van der Waals surface area contributed by atoms with E-state index in [9.17, 15) is 4.79 Å². The number of nitrogens with zero attached hydrogens (tertiary/aromatic N) is 1. The molecule has 1 heterocycles. The Hall–Kier alpha value is -1.68. The quantitative estimate of drug-likeness (QED) is 0.765. The number of aromatic nitrogens is 1. The first-order valence-electron chi connectivity index (χ1n) is 4.97. The Labute approximate surface area is 97.7 Å². The van der Waals surface area contributed by atoms with Gasteiger partial charge in [0.05, 0.1) is 23.4 Å². The molecule has 0 bridgehead atoms. The number of carbonyl (C=O) groups excluding carboxylic acids is 1. The van der Waals surface area contributed by atoms with Crippen molar-refractivity contribution in [3.05, 3.63) is 40.7 Å². The Morgan fingerprint density at radius 2 is 2.12 bits per heavy atom. The van der Waals surface area contributed by atoms with E-state index in [1.54, 1.807) is 35.9 Å². The van der Waals surface area contributed by atoms with Crippen LogP contribution in [0.15, 0.2) is 35.2 Å². The molecule has 4 heteroatoms. The van der Waals surface area contributed by atoms with E-state index < -0.39 is 0 Å². The van der Waals surface area contributed by atoms with Gasteiger partial charge in [0.2, 0.25) is 0 Å². The van der Waals surface area contributed by atoms with Crippen LogP contribution < -0.4 is 0 Å². The summed E-state index contributed by atoms with van der Waals surface area (Å²) in [6.07, 6.45) is 0. The zero-order valence-corrected chi connectivity index (χ0v) is 9.66. The third kappa shape index (κ3) is 2.28. The van der Waals surface area contributed by atoms with Crippen LogP contribution in [-0.2, 0) is 4.74 Å². The zero-order chi connectivity index (χ0) is 11.4. The van der Waals surface area contributed by atoms with Crippen LogP contribution in [0, 0.1) is 0 Å². The smallest absolute Gasteiger partial charge is 0.338 e. The number of rotatable bonds is 3. The topological polar surface area (TPSA) is 39.2 Å². The maximum atomic E-state index is 11.4. The first-order chi connectivity index (χ1) is 7.81. The normalized spacial score (nSPS) is 10.1. The number of hydrogen-bond acceptors (Lipinski definition) is 4. The number of carbonyl (C=O) groups is 1. The number of benzene rings is 1. The van der Waals surface area contributed by atoms with Gasteiger partial charge in [0.15, 0.2) is 0 Å². The van der Waals surface area contributed by atoms with E-state index in [0.29, 0.717) is 12.2 Å². The van der Waals surface area contributed by atoms with E-state index >= 15 is 0 Å². The Morgan fingerprint density at radius 3 is 2.69 bits per heavy atom. The molecule has 0 fully saturated rings. The van der Waals surface area contributed by atoms with Gasteiger partial charge in [0, 0.05) is 10.9 Å². The fraction of sp³-hybridized carbons (Fsp3) is 0.167. The first-order valence-corrected chi connectivity index (χ1v) is 5.91. The molecule has 0 atom stereocenters. The molecule has 0 unspecified atom stereocenters. The van der Waals surface area contributed by atoms with Gasteiger partial charge in [-0.2, -0.15) is 0 Å². The lowest BCUT2D eigenvalue weighted by molar-refractivity contribution is 0.0526. The third-order valence-corrected chi connectivity index (χ3v) is 2.71. The summed E-state index contributed by atoms with van der Waals surface area (Å²) in [6, 6.07) is 7.27. The second-order valence-corrected chi connectivity index (χ2v) is 3.89. The predicted octanol–water partition coefficient (Wildman–Crippen LogP) is 2.99. The van der Waals surface area contributed by atoms with Crippen LogP contribution in [0.1, 0.15) is 17.3 Å². The minimum Gasteiger partial charge on any atom is -0.462 e. The summed E-state index contributed by atoms with van der Waals surface area (Å²) in [4.78, 5) is 15.6. The van der Waals surface area contributed by atoms with Gasteiger partial charge in [-0.1, -0.05) is 12.1 Å². The van der Waals surface area contributed by atoms with E-state index in [-0.39, 0.29) is 5.97 Å². The summed E-state index contributed by atoms with van der Waals surface area (Å²) in [6.45, 7) is 2.19. The number of thiazole rings is 1. The molecule has 0 N–H and O–H groups in total. The molecule has 3 nitrogen and oxygen atoms in total. The van der Waals surface area contributed by atoms with Crippen molar-refractivity contribution in [3.8, 4) is 11.3 Å². The molecular formula is C12H11NO2S. The average molecular weight is 233 g/mol. The van der Waals surface area contributed by atoms with Crippen LogP contribution >= 0.6 is 11.3 Å². The summed E-state index contributed by atoms with van der Waals surface area (Å²) in [5.41, 5.74) is 4.30. The maximum Gasteiger partial charge on any atom is 0.338 e. The Morgan fingerprint density at radius 1 is 1.38 bits per heavy atom. The van der Waals surface area contributed by atoms with Crippen molar-refractivity contribution < 1.29 is 9.53 Å². The van der Waals surface area contributed by atoms with E-state index in [0.717, 1.165) is 11.3 Å². The minimum atomic E-state index is -0.285. The Bertz CT molecular complexity index is 462. The van der Waals surface area contributed by atoms with Crippen LogP contribution in [0.3, 0.4) is 0 Å². The molecule has 0 saturated heterocycles. The van der Waals surface area contributed by atoms with Gasteiger partial charge >= 0.3 is 5.97 Å². The number of hydrogen-bond donors (Lipinski definition) is 0. The van der Waals surface area contributed by atoms with E-state index in [1.165, 1.54) is 0 Å². The monoisotopic (exact) mass is 233 g/mol. The maximum absolute atomic E-state index is 11.4. The molecule has 0 aliphatic carbocycles. The average Bonchev–Trinajstić information content (AvgIpc) is 2.83. The molecule has 0 aliphatic rings. The molecule has 0 saturated carbocycles. The van der Waals surface area contributed by atoms with Crippen molar-refractivity contribution in [1.82, 2.24) is 4.98 Å². The van der Waals surface area contributed by atoms with Gasteiger partial charge in [0.25, 0.3) is 0 Å². The molecule has 0 spiro atoms. The van der Waals surface area contributed by atoms with Crippen molar-refractivity contribution in [1.29, 1.82) is 0 Å². The van der Waals surface area contributed by atoms with Crippen molar-refractivity contribution in [3.63, 3.8) is 0 Å². The highest BCUT2D eigenvalue weighted by molar-refractivity contribution is 7.07. The van der Waals surface area contributed by atoms with E-state index in [1.807, 2.05) is 17.5 Å². The summed E-state index contributed by atoms with van der Waals surface area (Å²) in [5.74, 6) is -0.285. The lowest BCUT2D eigenvalue weighted by Crippen LogP contribution is -2.03. The van der Waals surface area contributed by atoms with Gasteiger partial charge in [-0.25, -0.2) is 9.78 Å². The van der Waals surface area contributed by atoms with Crippen molar-refractivity contribution in [2.24, 2.45) is 0 Å². The van der Waals surface area contributed by atoms with E-state index in [4.69, 9.17) is 4.74 Å². The predicted molar refractivity (Wildman–Crippen MR) is 63.5 cm³/mol. The van der Waals surface area contributed by atoms with Gasteiger partial charge in [-0.15, -0.1) is 11.3 Å². The molecular weight excluding hydrogens is 222 g/mol. The fourth-order valence-electron chi connectivity index (χ4n) is 1.35. The Balaban J connectivity index is 2.20. The molecule has 0 amide bonds. The molecule has 82 valence electrons. The fourth-order valence-corrected chi connectivity index (χ4v) is 1.91.